The summed E-state index contributed by atoms with van der Waals surface area (Å²) >= 11 is 1.38. The summed E-state index contributed by atoms with van der Waals surface area (Å²) in [7, 11) is 0. The van der Waals surface area contributed by atoms with Gasteiger partial charge in [0.25, 0.3) is 5.91 Å². The Bertz CT molecular complexity index is 766. The second-order valence-electron chi connectivity index (χ2n) is 5.42. The highest BCUT2D eigenvalue weighted by Crippen LogP contribution is 2.25. The van der Waals surface area contributed by atoms with E-state index in [2.05, 4.69) is 15.5 Å². The molecular formula is C19H19N3O2S. The summed E-state index contributed by atoms with van der Waals surface area (Å²) in [4.78, 5) is 12.2. The molecule has 0 spiro atoms. The van der Waals surface area contributed by atoms with E-state index in [0.29, 0.717) is 5.13 Å². The van der Waals surface area contributed by atoms with Crippen LogP contribution in [-0.4, -0.2) is 22.7 Å². The fourth-order valence-electron chi connectivity index (χ4n) is 2.40. The average Bonchev–Trinajstić information content (AvgIpc) is 3.11. The van der Waals surface area contributed by atoms with E-state index in [-0.39, 0.29) is 18.6 Å². The maximum Gasteiger partial charge on any atom is 0.252 e. The molecule has 0 unspecified atom stereocenters. The van der Waals surface area contributed by atoms with Crippen molar-refractivity contribution in [3.63, 3.8) is 0 Å². The summed E-state index contributed by atoms with van der Waals surface area (Å²) in [6.07, 6.45) is 0.502. The van der Waals surface area contributed by atoms with Crippen LogP contribution in [0.15, 0.2) is 60.7 Å². The van der Waals surface area contributed by atoms with Gasteiger partial charge in [0.1, 0.15) is 17.7 Å². The van der Waals surface area contributed by atoms with Crippen molar-refractivity contribution in [2.75, 3.05) is 11.9 Å². The van der Waals surface area contributed by atoms with E-state index >= 15 is 0 Å². The van der Waals surface area contributed by atoms with E-state index in [1.165, 1.54) is 11.3 Å². The van der Waals surface area contributed by atoms with Crippen LogP contribution in [0.4, 0.5) is 5.13 Å². The molecule has 0 saturated carbocycles. The van der Waals surface area contributed by atoms with Gasteiger partial charge in [-0.25, -0.2) is 0 Å². The zero-order valence-electron chi connectivity index (χ0n) is 13.9. The minimum Gasteiger partial charge on any atom is -0.359 e. The van der Waals surface area contributed by atoms with Crippen molar-refractivity contribution in [1.29, 1.82) is 0 Å². The number of hydrogen-bond donors (Lipinski definition) is 1. The minimum atomic E-state index is -0.297. The fraction of sp³-hybridized carbons (Fsp3) is 0.211. The molecule has 0 aliphatic rings. The van der Waals surface area contributed by atoms with Gasteiger partial charge in [0.15, 0.2) is 0 Å². The van der Waals surface area contributed by atoms with Crippen LogP contribution in [0.25, 0.3) is 0 Å². The van der Waals surface area contributed by atoms with Crippen molar-refractivity contribution in [1.82, 2.24) is 10.2 Å². The molecular weight excluding hydrogens is 334 g/mol. The molecule has 0 saturated heterocycles. The molecule has 0 radical (unpaired) electrons. The lowest BCUT2D eigenvalue weighted by Gasteiger charge is -2.18. The summed E-state index contributed by atoms with van der Waals surface area (Å²) in [5, 5.41) is 12.1. The van der Waals surface area contributed by atoms with Crippen LogP contribution in [0.1, 0.15) is 29.2 Å². The van der Waals surface area contributed by atoms with Gasteiger partial charge in [0.05, 0.1) is 0 Å². The van der Waals surface area contributed by atoms with Gasteiger partial charge in [-0.15, -0.1) is 10.2 Å². The molecule has 0 bridgehead atoms. The largest absolute Gasteiger partial charge is 0.359 e. The van der Waals surface area contributed by atoms with E-state index < -0.39 is 0 Å². The normalized spacial score (nSPS) is 10.8. The molecule has 0 atom stereocenters. The number of benzene rings is 2. The Balaban J connectivity index is 1.67. The van der Waals surface area contributed by atoms with E-state index in [9.17, 15) is 4.79 Å². The van der Waals surface area contributed by atoms with Crippen LogP contribution >= 0.6 is 11.3 Å². The van der Waals surface area contributed by atoms with Crippen LogP contribution in [0.2, 0.25) is 0 Å². The monoisotopic (exact) mass is 353 g/mol. The van der Waals surface area contributed by atoms with Gasteiger partial charge in [0, 0.05) is 0 Å². The van der Waals surface area contributed by atoms with Crippen LogP contribution in [0.3, 0.4) is 0 Å². The van der Waals surface area contributed by atoms with Crippen molar-refractivity contribution >= 4 is 22.4 Å². The highest BCUT2D eigenvalue weighted by molar-refractivity contribution is 7.15. The Morgan fingerprint density at radius 2 is 1.64 bits per heavy atom. The summed E-state index contributed by atoms with van der Waals surface area (Å²) in [5.41, 5.74) is 2.01. The topological polar surface area (TPSA) is 64.1 Å². The van der Waals surface area contributed by atoms with E-state index in [4.69, 9.17) is 4.74 Å². The Morgan fingerprint density at radius 1 is 1.04 bits per heavy atom. The first kappa shape index (κ1) is 17.3. The molecule has 1 N–H and O–H groups in total. The lowest BCUT2D eigenvalue weighted by atomic mass is 10.0. The van der Waals surface area contributed by atoms with Crippen molar-refractivity contribution in [2.24, 2.45) is 0 Å². The Kier molecular flexibility index (Phi) is 5.87. The molecule has 6 heteroatoms. The van der Waals surface area contributed by atoms with Gasteiger partial charge in [-0.1, -0.05) is 78.9 Å². The number of ether oxygens (including phenoxy) is 1. The highest BCUT2D eigenvalue weighted by Gasteiger charge is 2.16. The van der Waals surface area contributed by atoms with Crippen molar-refractivity contribution in [3.8, 4) is 0 Å². The van der Waals surface area contributed by atoms with Gasteiger partial charge < -0.3 is 4.74 Å². The second kappa shape index (κ2) is 8.50. The SMILES string of the molecule is CCc1nnc(NC(=O)COC(c2ccccc2)c2ccccc2)s1. The standard InChI is InChI=1S/C19H19N3O2S/c1-2-17-21-22-19(25-17)20-16(23)13-24-18(14-9-5-3-6-10-14)15-11-7-4-8-12-15/h3-12,18H,2,13H2,1H3,(H,20,22,23). The third-order valence-electron chi connectivity index (χ3n) is 3.60. The van der Waals surface area contributed by atoms with Crippen molar-refractivity contribution in [3.05, 3.63) is 76.8 Å². The molecule has 1 heterocycles. The lowest BCUT2D eigenvalue weighted by Crippen LogP contribution is -2.20. The number of rotatable bonds is 7. The summed E-state index contributed by atoms with van der Waals surface area (Å²) in [6.45, 7) is 1.94. The number of aryl methyl sites for hydroxylation is 1. The van der Waals surface area contributed by atoms with Crippen molar-refractivity contribution in [2.45, 2.75) is 19.4 Å². The summed E-state index contributed by atoms with van der Waals surface area (Å²) in [6, 6.07) is 19.7. The van der Waals surface area contributed by atoms with Gasteiger partial charge >= 0.3 is 0 Å². The number of carbonyl (C=O) groups is 1. The van der Waals surface area contributed by atoms with Gasteiger partial charge in [-0.3, -0.25) is 10.1 Å². The molecule has 0 aliphatic carbocycles. The molecule has 0 fully saturated rings. The maximum absolute atomic E-state index is 12.2. The number of nitrogens with zero attached hydrogens (tertiary/aromatic N) is 2. The minimum absolute atomic E-state index is 0.0600. The van der Waals surface area contributed by atoms with Crippen LogP contribution in [-0.2, 0) is 16.0 Å². The first-order chi connectivity index (χ1) is 12.3. The number of aromatic nitrogens is 2. The molecule has 5 nitrogen and oxygen atoms in total. The maximum atomic E-state index is 12.2. The van der Waals surface area contributed by atoms with Crippen LogP contribution < -0.4 is 5.32 Å². The van der Waals surface area contributed by atoms with Crippen LogP contribution in [0, 0.1) is 0 Å². The third-order valence-corrected chi connectivity index (χ3v) is 4.58. The average molecular weight is 353 g/mol. The molecule has 1 aromatic heterocycles. The molecule has 0 aliphatic heterocycles. The van der Waals surface area contributed by atoms with Crippen molar-refractivity contribution < 1.29 is 9.53 Å². The summed E-state index contributed by atoms with van der Waals surface area (Å²) in [5.74, 6) is -0.240. The predicted molar refractivity (Wildman–Crippen MR) is 98.6 cm³/mol. The summed E-state index contributed by atoms with van der Waals surface area (Å²) < 4.78 is 5.93. The zero-order chi connectivity index (χ0) is 17.5. The number of hydrogen-bond acceptors (Lipinski definition) is 5. The highest BCUT2D eigenvalue weighted by atomic mass is 32.1. The van der Waals surface area contributed by atoms with E-state index in [0.717, 1.165) is 22.6 Å². The smallest absolute Gasteiger partial charge is 0.252 e. The number of anilines is 1. The van der Waals surface area contributed by atoms with E-state index in [1.54, 1.807) is 0 Å². The molecule has 2 aromatic carbocycles. The first-order valence-corrected chi connectivity index (χ1v) is 8.91. The Labute approximate surface area is 150 Å². The number of nitrogens with one attached hydrogen (secondary N) is 1. The predicted octanol–water partition coefficient (Wildman–Crippen LogP) is 3.85. The lowest BCUT2D eigenvalue weighted by molar-refractivity contribution is -0.121. The second-order valence-corrected chi connectivity index (χ2v) is 6.48. The third kappa shape index (κ3) is 4.71. The first-order valence-electron chi connectivity index (χ1n) is 8.10. The fourth-order valence-corrected chi connectivity index (χ4v) is 3.10. The van der Waals surface area contributed by atoms with Gasteiger partial charge in [0.2, 0.25) is 5.13 Å². The van der Waals surface area contributed by atoms with Gasteiger partial charge in [-0.05, 0) is 17.5 Å². The van der Waals surface area contributed by atoms with Gasteiger partial charge in [-0.2, -0.15) is 0 Å². The Hall–Kier alpha value is -2.57. The molecule has 3 aromatic rings. The number of carbonyl (C=O) groups excluding carboxylic acids is 1. The molecule has 128 valence electrons. The quantitative estimate of drug-likeness (QED) is 0.701. The molecule has 25 heavy (non-hydrogen) atoms. The Morgan fingerprint density at radius 3 is 2.16 bits per heavy atom. The number of amides is 1. The zero-order valence-corrected chi connectivity index (χ0v) is 14.7. The van der Waals surface area contributed by atoms with Crippen LogP contribution in [0.5, 0.6) is 0 Å². The molecule has 3 rings (SSSR count). The molecule has 1 amide bonds. The van der Waals surface area contributed by atoms with E-state index in [1.807, 2.05) is 67.6 Å².